The van der Waals surface area contributed by atoms with Gasteiger partial charge in [0.15, 0.2) is 0 Å². The number of ether oxygens (including phenoxy) is 1. The summed E-state index contributed by atoms with van der Waals surface area (Å²) in [5, 5.41) is 3.87. The molecule has 0 aliphatic carbocycles. The molecule has 2 rings (SSSR count). The quantitative estimate of drug-likeness (QED) is 0.763. The highest BCUT2D eigenvalue weighted by atomic mass is 35.5. The van der Waals surface area contributed by atoms with Gasteiger partial charge >= 0.3 is 0 Å². The van der Waals surface area contributed by atoms with Crippen LogP contribution in [0.5, 0.6) is 5.75 Å². The van der Waals surface area contributed by atoms with Crippen molar-refractivity contribution in [3.05, 3.63) is 35.3 Å². The normalized spacial score (nSPS) is 13.0. The van der Waals surface area contributed by atoms with Gasteiger partial charge in [-0.1, -0.05) is 13.8 Å². The molecule has 0 aliphatic rings. The van der Waals surface area contributed by atoms with Crippen LogP contribution in [0.3, 0.4) is 0 Å². The van der Waals surface area contributed by atoms with Crippen molar-refractivity contribution in [2.45, 2.75) is 32.7 Å². The van der Waals surface area contributed by atoms with Crippen molar-refractivity contribution in [3.8, 4) is 16.3 Å². The number of aromatic nitrogens is 1. The fourth-order valence-electron chi connectivity index (χ4n) is 2.67. The summed E-state index contributed by atoms with van der Waals surface area (Å²) < 4.78 is 5.15. The number of hydrogen-bond acceptors (Lipinski definition) is 5. The highest BCUT2D eigenvalue weighted by Crippen LogP contribution is 2.27. The molecule has 7 heteroatoms. The molecule has 0 aliphatic heterocycles. The van der Waals surface area contributed by atoms with Crippen LogP contribution in [0.4, 0.5) is 0 Å². The molecule has 3 N–H and O–H groups in total. The maximum absolute atomic E-state index is 12.5. The van der Waals surface area contributed by atoms with Crippen LogP contribution >= 0.6 is 23.7 Å². The average molecular weight is 384 g/mol. The summed E-state index contributed by atoms with van der Waals surface area (Å²) in [5.41, 5.74) is 6.42. The number of halogens is 1. The maximum atomic E-state index is 12.5. The van der Waals surface area contributed by atoms with E-state index in [1.807, 2.05) is 31.2 Å². The Morgan fingerprint density at radius 2 is 2.00 bits per heavy atom. The smallest absolute Gasteiger partial charge is 0.263 e. The van der Waals surface area contributed by atoms with Gasteiger partial charge in [0.05, 0.1) is 18.8 Å². The minimum atomic E-state index is -0.407. The van der Waals surface area contributed by atoms with Crippen molar-refractivity contribution in [1.29, 1.82) is 0 Å². The summed E-state index contributed by atoms with van der Waals surface area (Å²) in [7, 11) is 1.63. The van der Waals surface area contributed by atoms with Gasteiger partial charge in [0.2, 0.25) is 0 Å². The molecule has 1 aromatic heterocycles. The number of thiazole rings is 1. The van der Waals surface area contributed by atoms with Gasteiger partial charge in [-0.15, -0.1) is 23.7 Å². The Balaban J connectivity index is 0.00000312. The van der Waals surface area contributed by atoms with Crippen LogP contribution in [0.15, 0.2) is 30.5 Å². The number of nitrogens with zero attached hydrogens (tertiary/aromatic N) is 1. The summed E-state index contributed by atoms with van der Waals surface area (Å²) in [6.07, 6.45) is 2.45. The van der Waals surface area contributed by atoms with Crippen LogP contribution in [0.2, 0.25) is 0 Å². The Hall–Kier alpha value is -1.63. The van der Waals surface area contributed by atoms with Crippen molar-refractivity contribution in [1.82, 2.24) is 10.3 Å². The predicted octanol–water partition coefficient (Wildman–Crippen LogP) is 3.73. The average Bonchev–Trinajstić information content (AvgIpc) is 3.04. The molecule has 0 bridgehead atoms. The molecule has 138 valence electrons. The van der Waals surface area contributed by atoms with E-state index in [0.29, 0.717) is 17.3 Å². The Bertz CT molecular complexity index is 688. The van der Waals surface area contributed by atoms with E-state index >= 15 is 0 Å². The van der Waals surface area contributed by atoms with Gasteiger partial charge in [-0.05, 0) is 43.5 Å². The summed E-state index contributed by atoms with van der Waals surface area (Å²) in [4.78, 5) is 17.5. The number of carbonyl (C=O) groups is 1. The first-order valence-electron chi connectivity index (χ1n) is 7.99. The van der Waals surface area contributed by atoms with E-state index in [1.54, 1.807) is 13.3 Å². The molecule has 0 radical (unpaired) electrons. The molecule has 0 spiro atoms. The first-order chi connectivity index (χ1) is 11.4. The lowest BCUT2D eigenvalue weighted by Gasteiger charge is -2.30. The molecule has 0 saturated carbocycles. The summed E-state index contributed by atoms with van der Waals surface area (Å²) in [5.74, 6) is 1.12. The molecule has 5 nitrogen and oxygen atoms in total. The first kappa shape index (κ1) is 21.4. The zero-order chi connectivity index (χ0) is 17.7. The van der Waals surface area contributed by atoms with Gasteiger partial charge < -0.3 is 15.8 Å². The number of amides is 1. The fourth-order valence-corrected chi connectivity index (χ4v) is 3.49. The fraction of sp³-hybridized carbons (Fsp3) is 0.444. The van der Waals surface area contributed by atoms with Crippen molar-refractivity contribution < 1.29 is 9.53 Å². The summed E-state index contributed by atoms with van der Waals surface area (Å²) in [6, 6.07) is 7.62. The van der Waals surface area contributed by atoms with Gasteiger partial charge in [0.1, 0.15) is 15.6 Å². The molecule has 2 aromatic rings. The van der Waals surface area contributed by atoms with Gasteiger partial charge in [-0.3, -0.25) is 4.79 Å². The molecule has 1 amide bonds. The molecule has 0 fully saturated rings. The van der Waals surface area contributed by atoms with Crippen LogP contribution in [-0.4, -0.2) is 30.1 Å². The zero-order valence-electron chi connectivity index (χ0n) is 15.0. The van der Waals surface area contributed by atoms with E-state index in [2.05, 4.69) is 24.1 Å². The van der Waals surface area contributed by atoms with Crippen molar-refractivity contribution in [2.75, 3.05) is 13.7 Å². The number of carbonyl (C=O) groups excluding carboxylic acids is 1. The van der Waals surface area contributed by atoms with Crippen LogP contribution in [0, 0.1) is 5.92 Å². The van der Waals surface area contributed by atoms with E-state index in [1.165, 1.54) is 11.3 Å². The topological polar surface area (TPSA) is 77.2 Å². The number of nitrogens with one attached hydrogen (secondary N) is 1. The van der Waals surface area contributed by atoms with Crippen molar-refractivity contribution in [3.63, 3.8) is 0 Å². The number of methoxy groups -OCH3 is 1. The number of nitrogens with two attached hydrogens (primary N) is 1. The molecular weight excluding hydrogens is 358 g/mol. The predicted molar refractivity (Wildman–Crippen MR) is 106 cm³/mol. The third-order valence-electron chi connectivity index (χ3n) is 3.79. The van der Waals surface area contributed by atoms with Crippen LogP contribution < -0.4 is 15.8 Å². The summed E-state index contributed by atoms with van der Waals surface area (Å²) >= 11 is 1.37. The second-order valence-corrected chi connectivity index (χ2v) is 7.61. The van der Waals surface area contributed by atoms with E-state index in [9.17, 15) is 4.79 Å². The van der Waals surface area contributed by atoms with Crippen LogP contribution in [-0.2, 0) is 0 Å². The van der Waals surface area contributed by atoms with Gasteiger partial charge in [-0.2, -0.15) is 0 Å². The van der Waals surface area contributed by atoms with E-state index in [4.69, 9.17) is 10.5 Å². The lowest BCUT2D eigenvalue weighted by atomic mass is 9.90. The number of rotatable bonds is 7. The molecule has 1 heterocycles. The molecule has 25 heavy (non-hydrogen) atoms. The number of benzene rings is 1. The van der Waals surface area contributed by atoms with Gasteiger partial charge in [0, 0.05) is 12.1 Å². The Kier molecular flexibility index (Phi) is 7.86. The van der Waals surface area contributed by atoms with Crippen LogP contribution in [0.25, 0.3) is 10.6 Å². The van der Waals surface area contributed by atoms with Crippen LogP contribution in [0.1, 0.15) is 36.9 Å². The Morgan fingerprint density at radius 3 is 2.52 bits per heavy atom. The molecular formula is C18H26ClN3O2S. The first-order valence-corrected chi connectivity index (χ1v) is 8.81. The van der Waals surface area contributed by atoms with Gasteiger partial charge in [-0.25, -0.2) is 4.98 Å². The third kappa shape index (κ3) is 5.70. The zero-order valence-corrected chi connectivity index (χ0v) is 16.7. The second-order valence-electron chi connectivity index (χ2n) is 6.58. The highest BCUT2D eigenvalue weighted by molar-refractivity contribution is 7.16. The lowest BCUT2D eigenvalue weighted by molar-refractivity contribution is 0.0902. The van der Waals surface area contributed by atoms with Crippen molar-refractivity contribution >= 4 is 29.7 Å². The summed E-state index contributed by atoms with van der Waals surface area (Å²) in [6.45, 7) is 6.63. The molecule has 1 atom stereocenters. The maximum Gasteiger partial charge on any atom is 0.263 e. The van der Waals surface area contributed by atoms with E-state index in [0.717, 1.165) is 22.7 Å². The lowest BCUT2D eigenvalue weighted by Crippen LogP contribution is -2.52. The molecule has 1 unspecified atom stereocenters. The highest BCUT2D eigenvalue weighted by Gasteiger charge is 2.27. The Morgan fingerprint density at radius 1 is 1.36 bits per heavy atom. The monoisotopic (exact) mass is 383 g/mol. The van der Waals surface area contributed by atoms with E-state index < -0.39 is 5.54 Å². The molecule has 0 saturated heterocycles. The minimum absolute atomic E-state index is 0. The van der Waals surface area contributed by atoms with Gasteiger partial charge in [0.25, 0.3) is 5.91 Å². The largest absolute Gasteiger partial charge is 0.497 e. The van der Waals surface area contributed by atoms with Crippen molar-refractivity contribution in [2.24, 2.45) is 11.7 Å². The number of hydrogen-bond donors (Lipinski definition) is 2. The third-order valence-corrected chi connectivity index (χ3v) is 4.84. The van der Waals surface area contributed by atoms with E-state index in [-0.39, 0.29) is 18.3 Å². The molecule has 1 aromatic carbocycles. The SMILES string of the molecule is COc1ccc(-c2ncc(C(=O)NC(C)(CN)CC(C)C)s2)cc1.Cl. The minimum Gasteiger partial charge on any atom is -0.497 e. The Labute approximate surface area is 159 Å². The standard InChI is InChI=1S/C18H25N3O2S.ClH/c1-12(2)9-18(3,11-19)21-16(22)15-10-20-17(24-15)13-5-7-14(23-4)8-6-13;/h5-8,10,12H,9,11,19H2,1-4H3,(H,21,22);1H. The second kappa shape index (κ2) is 9.17.